The van der Waals surface area contributed by atoms with Gasteiger partial charge in [0.25, 0.3) is 0 Å². The van der Waals surface area contributed by atoms with Gasteiger partial charge in [-0.05, 0) is 63.6 Å². The van der Waals surface area contributed by atoms with Gasteiger partial charge in [0.05, 0.1) is 16.9 Å². The number of benzene rings is 1. The van der Waals surface area contributed by atoms with Gasteiger partial charge in [-0.2, -0.15) is 13.2 Å². The van der Waals surface area contributed by atoms with Crippen molar-refractivity contribution in [2.24, 2.45) is 11.3 Å². The Morgan fingerprint density at radius 3 is 2.46 bits per heavy atom. The summed E-state index contributed by atoms with van der Waals surface area (Å²) in [6.45, 7) is 6.76. The molecule has 41 heavy (non-hydrogen) atoms. The van der Waals surface area contributed by atoms with E-state index < -0.39 is 28.7 Å². The lowest BCUT2D eigenvalue weighted by atomic mass is 9.75. The molecule has 1 saturated heterocycles. The number of nitrogens with zero attached hydrogens (tertiary/aromatic N) is 4. The number of hydrogen-bond acceptors (Lipinski definition) is 7. The Morgan fingerprint density at radius 2 is 1.85 bits per heavy atom. The molecule has 2 N–H and O–H groups in total. The Hall–Kier alpha value is -3.10. The lowest BCUT2D eigenvalue weighted by molar-refractivity contribution is -0.190. The molecule has 2 aromatic heterocycles. The normalized spacial score (nSPS) is 19.8. The quantitative estimate of drug-likeness (QED) is 0.347. The van der Waals surface area contributed by atoms with Gasteiger partial charge in [0.2, 0.25) is 15.9 Å². The van der Waals surface area contributed by atoms with E-state index in [4.69, 9.17) is 9.72 Å². The van der Waals surface area contributed by atoms with Crippen molar-refractivity contribution >= 4 is 28.4 Å². The molecular weight excluding hydrogens is 558 g/mol. The van der Waals surface area contributed by atoms with E-state index >= 15 is 0 Å². The predicted molar refractivity (Wildman–Crippen MR) is 149 cm³/mol. The summed E-state index contributed by atoms with van der Waals surface area (Å²) in [6.07, 6.45) is -1.68. The molecule has 1 aromatic carbocycles. The minimum atomic E-state index is -4.24. The van der Waals surface area contributed by atoms with Gasteiger partial charge >= 0.3 is 13.2 Å². The molecule has 1 unspecified atom stereocenters. The second-order valence-electron chi connectivity index (χ2n) is 11.6. The molecule has 3 aromatic rings. The monoisotopic (exact) mass is 591 g/mol. The molecule has 14 heteroatoms. The van der Waals surface area contributed by atoms with Crippen LogP contribution in [0.4, 0.5) is 19.0 Å². The summed E-state index contributed by atoms with van der Waals surface area (Å²) in [4.78, 5) is 6.85. The number of sulfonamides is 1. The number of halogens is 3. The number of anilines is 1. The molecular formula is C27H33BF3N5O4S. The van der Waals surface area contributed by atoms with Gasteiger partial charge in [-0.15, -0.1) is 5.10 Å². The summed E-state index contributed by atoms with van der Waals surface area (Å²) < 4.78 is 74.8. The second-order valence-corrected chi connectivity index (χ2v) is 13.3. The number of aromatic nitrogens is 3. The topological polar surface area (TPSA) is 110 Å². The maximum atomic E-state index is 13.2. The highest BCUT2D eigenvalue weighted by molar-refractivity contribution is 7.90. The van der Waals surface area contributed by atoms with Gasteiger partial charge < -0.3 is 14.7 Å². The first-order chi connectivity index (χ1) is 19.2. The lowest BCUT2D eigenvalue weighted by Gasteiger charge is -2.34. The zero-order valence-corrected chi connectivity index (χ0v) is 23.9. The van der Waals surface area contributed by atoms with Gasteiger partial charge in [0.1, 0.15) is 5.82 Å². The van der Waals surface area contributed by atoms with Crippen LogP contribution in [0, 0.1) is 11.3 Å². The van der Waals surface area contributed by atoms with Crippen LogP contribution in [-0.4, -0.2) is 60.1 Å². The fourth-order valence-electron chi connectivity index (χ4n) is 5.53. The maximum Gasteiger partial charge on any atom is 0.431 e. The van der Waals surface area contributed by atoms with E-state index in [1.807, 2.05) is 4.90 Å². The average Bonchev–Trinajstić information content (AvgIpc) is 3.47. The van der Waals surface area contributed by atoms with Crippen LogP contribution in [0.2, 0.25) is 0 Å². The molecule has 2 fully saturated rings. The SMILES string of the molecule is CC1CN(c2nc(-n3ccc(OCCC4(C(F)(F)F)CC4)n3)ccc2B(O)NS(=O)(=O)c2ccccc2)C(C)(C)C1. The van der Waals surface area contributed by atoms with Crippen LogP contribution in [-0.2, 0) is 10.0 Å². The van der Waals surface area contributed by atoms with Crippen molar-refractivity contribution in [2.75, 3.05) is 18.1 Å². The Labute approximate surface area is 237 Å². The fourth-order valence-corrected chi connectivity index (χ4v) is 6.61. The molecule has 0 bridgehead atoms. The molecule has 9 nitrogen and oxygen atoms in total. The molecule has 1 aliphatic heterocycles. The summed E-state index contributed by atoms with van der Waals surface area (Å²) in [6, 6.07) is 12.5. The summed E-state index contributed by atoms with van der Waals surface area (Å²) in [5.41, 5.74) is -1.70. The number of ether oxygens (including phenoxy) is 1. The number of hydrogen-bond donors (Lipinski definition) is 2. The highest BCUT2D eigenvalue weighted by Gasteiger charge is 2.62. The van der Waals surface area contributed by atoms with Crippen molar-refractivity contribution in [3.8, 4) is 11.7 Å². The minimum Gasteiger partial charge on any atom is -0.477 e. The molecule has 1 saturated carbocycles. The molecule has 1 aliphatic carbocycles. The summed E-state index contributed by atoms with van der Waals surface area (Å²) in [5.74, 6) is 1.28. The molecule has 0 amide bonds. The van der Waals surface area contributed by atoms with Crippen LogP contribution in [0.15, 0.2) is 59.6 Å². The molecule has 0 spiro atoms. The van der Waals surface area contributed by atoms with Crippen LogP contribution in [0.5, 0.6) is 5.88 Å². The van der Waals surface area contributed by atoms with Crippen molar-refractivity contribution in [3.63, 3.8) is 0 Å². The Kier molecular flexibility index (Phi) is 7.62. The molecule has 3 heterocycles. The van der Waals surface area contributed by atoms with Gasteiger partial charge in [-0.25, -0.2) is 22.7 Å². The van der Waals surface area contributed by atoms with E-state index in [1.54, 1.807) is 42.6 Å². The maximum absolute atomic E-state index is 13.2. The predicted octanol–water partition coefficient (Wildman–Crippen LogP) is 3.67. The smallest absolute Gasteiger partial charge is 0.431 e. The Morgan fingerprint density at radius 1 is 1.15 bits per heavy atom. The highest BCUT2D eigenvalue weighted by Crippen LogP contribution is 2.59. The number of rotatable bonds is 10. The first kappa shape index (κ1) is 29.4. The van der Waals surface area contributed by atoms with E-state index in [0.29, 0.717) is 24.1 Å². The fraction of sp³-hybridized carbons (Fsp3) is 0.481. The molecule has 220 valence electrons. The lowest BCUT2D eigenvalue weighted by Crippen LogP contribution is -2.52. The third-order valence-corrected chi connectivity index (χ3v) is 9.35. The van der Waals surface area contributed by atoms with Crippen LogP contribution < -0.4 is 19.7 Å². The van der Waals surface area contributed by atoms with Crippen LogP contribution in [0.25, 0.3) is 5.82 Å². The number of nitrogens with one attached hydrogen (secondary N) is 1. The van der Waals surface area contributed by atoms with Crippen molar-refractivity contribution in [1.82, 2.24) is 19.4 Å². The molecule has 1 atom stereocenters. The van der Waals surface area contributed by atoms with E-state index in [2.05, 4.69) is 30.5 Å². The zero-order valence-electron chi connectivity index (χ0n) is 23.1. The van der Waals surface area contributed by atoms with Crippen LogP contribution in [0.1, 0.15) is 46.5 Å². The Balaban J connectivity index is 1.40. The van der Waals surface area contributed by atoms with Gasteiger partial charge in [0.15, 0.2) is 5.82 Å². The van der Waals surface area contributed by atoms with Crippen molar-refractivity contribution < 1.29 is 31.3 Å². The van der Waals surface area contributed by atoms with Crippen LogP contribution >= 0.6 is 0 Å². The van der Waals surface area contributed by atoms with E-state index in [9.17, 15) is 26.6 Å². The van der Waals surface area contributed by atoms with Crippen LogP contribution in [0.3, 0.4) is 0 Å². The first-order valence-corrected chi connectivity index (χ1v) is 15.0. The third kappa shape index (κ3) is 6.09. The Bertz CT molecular complexity index is 1500. The van der Waals surface area contributed by atoms with Gasteiger partial charge in [0, 0.05) is 29.8 Å². The van der Waals surface area contributed by atoms with Crippen molar-refractivity contribution in [2.45, 2.75) is 63.1 Å². The van der Waals surface area contributed by atoms with E-state index in [1.165, 1.54) is 16.8 Å². The number of alkyl halides is 3. The molecule has 2 aliphatic rings. The third-order valence-electron chi connectivity index (χ3n) is 7.92. The summed E-state index contributed by atoms with van der Waals surface area (Å²) in [5, 5.41) is 15.4. The number of pyridine rings is 1. The van der Waals surface area contributed by atoms with E-state index in [0.717, 1.165) is 6.42 Å². The van der Waals surface area contributed by atoms with Gasteiger partial charge in [-0.3, -0.25) is 0 Å². The second kappa shape index (κ2) is 10.6. The van der Waals surface area contributed by atoms with Crippen molar-refractivity contribution in [3.05, 3.63) is 54.7 Å². The van der Waals surface area contributed by atoms with Gasteiger partial charge in [-0.1, -0.05) is 31.2 Å². The summed E-state index contributed by atoms with van der Waals surface area (Å²) >= 11 is 0. The average molecular weight is 591 g/mol. The largest absolute Gasteiger partial charge is 0.477 e. The molecule has 5 rings (SSSR count). The molecule has 0 radical (unpaired) electrons. The first-order valence-electron chi connectivity index (χ1n) is 13.5. The summed E-state index contributed by atoms with van der Waals surface area (Å²) in [7, 11) is -5.60. The standard InChI is InChI=1S/C27H33BF3N5O4S/c1-19-17-25(2,3)35(18-19)24-21(28(37)34-41(38,39)20-7-5-4-6-8-20)9-10-22(32-24)36-15-11-23(33-36)40-16-14-26(12-13-26)27(29,30)31/h4-11,15,19,34,37H,12-14,16-18H2,1-3H3. The van der Waals surface area contributed by atoms with E-state index in [-0.39, 0.29) is 47.6 Å². The van der Waals surface area contributed by atoms with Crippen molar-refractivity contribution in [1.29, 1.82) is 0 Å². The minimum absolute atomic E-state index is 0.0206. The highest BCUT2D eigenvalue weighted by atomic mass is 32.2. The zero-order chi connectivity index (χ0) is 29.6.